The molecule has 0 fully saturated rings. The number of alkyl halides is 2. The highest BCUT2D eigenvalue weighted by molar-refractivity contribution is 7.92. The Labute approximate surface area is 178 Å². The number of sulfonamides is 1. The number of nitrogens with one attached hydrogen (secondary N) is 1. The summed E-state index contributed by atoms with van der Waals surface area (Å²) in [6.07, 6.45) is 0.428. The van der Waals surface area contributed by atoms with E-state index < -0.39 is 22.0 Å². The SMILES string of the molecule is COc1ccccc1S(=O)(=O)Nc1noc2c1CC(C)(C)c1ccc(OC(F)F)cc1-2. The Hall–Kier alpha value is -3.14. The quantitative estimate of drug-likeness (QED) is 0.591. The van der Waals surface area contributed by atoms with Crippen molar-refractivity contribution in [1.29, 1.82) is 0 Å². The van der Waals surface area contributed by atoms with Crippen molar-refractivity contribution in [3.05, 3.63) is 53.6 Å². The third kappa shape index (κ3) is 3.83. The highest BCUT2D eigenvalue weighted by Gasteiger charge is 2.37. The monoisotopic (exact) mass is 450 g/mol. The van der Waals surface area contributed by atoms with Crippen LogP contribution in [0.15, 0.2) is 51.9 Å². The molecule has 0 spiro atoms. The van der Waals surface area contributed by atoms with Gasteiger partial charge in [-0.15, -0.1) is 0 Å². The molecule has 1 N–H and O–H groups in total. The average Bonchev–Trinajstić information content (AvgIpc) is 3.08. The molecule has 0 bridgehead atoms. The molecular weight excluding hydrogens is 430 g/mol. The lowest BCUT2D eigenvalue weighted by Crippen LogP contribution is -2.26. The van der Waals surface area contributed by atoms with Crippen LogP contribution in [0, 0.1) is 0 Å². The van der Waals surface area contributed by atoms with E-state index in [1.54, 1.807) is 18.2 Å². The second-order valence-electron chi connectivity index (χ2n) is 7.74. The zero-order valence-electron chi connectivity index (χ0n) is 17.0. The van der Waals surface area contributed by atoms with Crippen LogP contribution in [0.4, 0.5) is 14.6 Å². The van der Waals surface area contributed by atoms with Gasteiger partial charge in [0, 0.05) is 11.1 Å². The van der Waals surface area contributed by atoms with Crippen LogP contribution in [0.3, 0.4) is 0 Å². The number of anilines is 1. The highest BCUT2D eigenvalue weighted by atomic mass is 32.2. The van der Waals surface area contributed by atoms with Crippen LogP contribution in [0.25, 0.3) is 11.3 Å². The lowest BCUT2D eigenvalue weighted by molar-refractivity contribution is -0.0498. The predicted molar refractivity (Wildman–Crippen MR) is 109 cm³/mol. The minimum Gasteiger partial charge on any atom is -0.495 e. The van der Waals surface area contributed by atoms with Crippen molar-refractivity contribution in [3.8, 4) is 22.8 Å². The lowest BCUT2D eigenvalue weighted by Gasteiger charge is -2.31. The maximum absolute atomic E-state index is 13.0. The Balaban J connectivity index is 1.77. The van der Waals surface area contributed by atoms with Gasteiger partial charge in [-0.05, 0) is 41.7 Å². The van der Waals surface area contributed by atoms with Crippen LogP contribution >= 0.6 is 0 Å². The first-order valence-electron chi connectivity index (χ1n) is 9.36. The van der Waals surface area contributed by atoms with Crippen LogP contribution in [0.1, 0.15) is 25.0 Å². The summed E-state index contributed by atoms with van der Waals surface area (Å²) in [5.74, 6) is 0.517. The van der Waals surface area contributed by atoms with Crippen LogP contribution in [0.5, 0.6) is 11.5 Å². The van der Waals surface area contributed by atoms with E-state index in [1.165, 1.54) is 31.4 Å². The summed E-state index contributed by atoms with van der Waals surface area (Å²) in [4.78, 5) is -0.0441. The highest BCUT2D eigenvalue weighted by Crippen LogP contribution is 2.47. The third-order valence-electron chi connectivity index (χ3n) is 5.19. The summed E-state index contributed by atoms with van der Waals surface area (Å²) in [5, 5.41) is 3.92. The number of rotatable bonds is 6. The fourth-order valence-electron chi connectivity index (χ4n) is 3.80. The number of methoxy groups -OCH3 is 1. The van der Waals surface area contributed by atoms with E-state index in [4.69, 9.17) is 9.26 Å². The Kier molecular flexibility index (Phi) is 5.12. The van der Waals surface area contributed by atoms with Gasteiger partial charge in [0.2, 0.25) is 0 Å². The molecule has 1 aliphatic rings. The molecule has 0 saturated heterocycles. The first kappa shape index (κ1) is 21.1. The summed E-state index contributed by atoms with van der Waals surface area (Å²) in [7, 11) is -2.64. The van der Waals surface area contributed by atoms with Gasteiger partial charge in [0.1, 0.15) is 16.4 Å². The van der Waals surface area contributed by atoms with Gasteiger partial charge in [-0.25, -0.2) is 8.42 Å². The number of hydrogen-bond donors (Lipinski definition) is 1. The van der Waals surface area contributed by atoms with E-state index in [1.807, 2.05) is 13.8 Å². The molecule has 0 radical (unpaired) electrons. The molecule has 1 aromatic heterocycles. The topological polar surface area (TPSA) is 90.7 Å². The molecule has 7 nitrogen and oxygen atoms in total. The number of benzene rings is 2. The molecule has 1 aliphatic carbocycles. The van der Waals surface area contributed by atoms with Crippen molar-refractivity contribution < 1.29 is 31.2 Å². The van der Waals surface area contributed by atoms with Gasteiger partial charge in [-0.2, -0.15) is 8.78 Å². The molecule has 0 amide bonds. The second kappa shape index (κ2) is 7.52. The first-order valence-corrected chi connectivity index (χ1v) is 10.8. The molecule has 0 aliphatic heterocycles. The number of nitrogens with zero attached hydrogens (tertiary/aromatic N) is 1. The minimum absolute atomic E-state index is 0.0232. The summed E-state index contributed by atoms with van der Waals surface area (Å²) in [6, 6.07) is 10.8. The first-order chi connectivity index (χ1) is 14.6. The van der Waals surface area contributed by atoms with Crippen molar-refractivity contribution in [2.75, 3.05) is 11.8 Å². The number of fused-ring (bicyclic) bond motifs is 3. The summed E-state index contributed by atoms with van der Waals surface area (Å²) in [5.41, 5.74) is 1.49. The fraction of sp³-hybridized carbons (Fsp3) is 0.286. The van der Waals surface area contributed by atoms with Crippen molar-refractivity contribution in [2.45, 2.75) is 37.2 Å². The van der Waals surface area contributed by atoms with Gasteiger partial charge in [-0.1, -0.05) is 37.2 Å². The average molecular weight is 450 g/mol. The van der Waals surface area contributed by atoms with Crippen molar-refractivity contribution in [2.24, 2.45) is 0 Å². The second-order valence-corrected chi connectivity index (χ2v) is 9.39. The zero-order chi connectivity index (χ0) is 22.4. The number of aromatic nitrogens is 1. The molecule has 1 heterocycles. The largest absolute Gasteiger partial charge is 0.495 e. The Bertz CT molecular complexity index is 1240. The van der Waals surface area contributed by atoms with Gasteiger partial charge in [0.15, 0.2) is 11.6 Å². The van der Waals surface area contributed by atoms with Crippen molar-refractivity contribution in [3.63, 3.8) is 0 Å². The Morgan fingerprint density at radius 3 is 2.65 bits per heavy atom. The van der Waals surface area contributed by atoms with Crippen molar-refractivity contribution >= 4 is 15.8 Å². The van der Waals surface area contributed by atoms with Crippen LogP contribution in [0.2, 0.25) is 0 Å². The van der Waals surface area contributed by atoms with Crippen LogP contribution in [-0.2, 0) is 21.9 Å². The van der Waals surface area contributed by atoms with E-state index in [-0.39, 0.29) is 22.2 Å². The number of ether oxygens (including phenoxy) is 2. The summed E-state index contributed by atoms with van der Waals surface area (Å²) >= 11 is 0. The van der Waals surface area contributed by atoms with Gasteiger partial charge < -0.3 is 14.0 Å². The van der Waals surface area contributed by atoms with Gasteiger partial charge in [-0.3, -0.25) is 4.72 Å². The van der Waals surface area contributed by atoms with Crippen LogP contribution < -0.4 is 14.2 Å². The van der Waals surface area contributed by atoms with E-state index in [2.05, 4.69) is 14.6 Å². The third-order valence-corrected chi connectivity index (χ3v) is 6.56. The summed E-state index contributed by atoms with van der Waals surface area (Å²) < 4.78 is 68.9. The number of hydrogen-bond acceptors (Lipinski definition) is 6. The lowest BCUT2D eigenvalue weighted by atomic mass is 9.72. The van der Waals surface area contributed by atoms with Crippen LogP contribution in [-0.4, -0.2) is 27.3 Å². The Morgan fingerprint density at radius 1 is 1.19 bits per heavy atom. The normalized spacial score (nSPS) is 14.6. The van der Waals surface area contributed by atoms with Gasteiger partial charge in [0.25, 0.3) is 10.0 Å². The number of para-hydroxylation sites is 1. The summed E-state index contributed by atoms with van der Waals surface area (Å²) in [6.45, 7) is 0.967. The molecule has 0 unspecified atom stereocenters. The molecule has 4 rings (SSSR count). The molecule has 164 valence electrons. The fourth-order valence-corrected chi connectivity index (χ4v) is 5.00. The molecule has 2 aromatic carbocycles. The van der Waals surface area contributed by atoms with Crippen molar-refractivity contribution in [1.82, 2.24) is 5.16 Å². The van der Waals surface area contributed by atoms with E-state index in [9.17, 15) is 17.2 Å². The molecule has 31 heavy (non-hydrogen) atoms. The molecule has 10 heteroatoms. The smallest absolute Gasteiger partial charge is 0.387 e. The Morgan fingerprint density at radius 2 is 1.94 bits per heavy atom. The van der Waals surface area contributed by atoms with E-state index in [0.29, 0.717) is 23.3 Å². The predicted octanol–water partition coefficient (Wildman–Crippen LogP) is 4.59. The maximum Gasteiger partial charge on any atom is 0.387 e. The van der Waals surface area contributed by atoms with E-state index >= 15 is 0 Å². The zero-order valence-corrected chi connectivity index (χ0v) is 17.8. The maximum atomic E-state index is 13.0. The van der Waals surface area contributed by atoms with E-state index in [0.717, 1.165) is 5.56 Å². The molecule has 0 atom stereocenters. The molecular formula is C21H20F2N2O5S. The van der Waals surface area contributed by atoms with Gasteiger partial charge in [0.05, 0.1) is 7.11 Å². The number of halogens is 2. The standard InChI is InChI=1S/C21H20F2N2O5S/c1-21(2)11-14-18(13-10-12(29-20(22)23)8-9-15(13)21)30-24-19(14)25-31(26,27)17-7-5-4-6-16(17)28-3/h4-10,20H,11H2,1-3H3,(H,24,25). The minimum atomic E-state index is -4.02. The van der Waals surface area contributed by atoms with Gasteiger partial charge >= 0.3 is 6.61 Å². The molecule has 3 aromatic rings. The molecule has 0 saturated carbocycles.